The second kappa shape index (κ2) is 6.91. The summed E-state index contributed by atoms with van der Waals surface area (Å²) in [7, 11) is 0. The molecule has 0 aromatic rings. The quantitative estimate of drug-likeness (QED) is 0.682. The molecule has 0 spiro atoms. The first kappa shape index (κ1) is 16.0. The third-order valence-electron chi connectivity index (χ3n) is 4.55. The molecule has 18 heavy (non-hydrogen) atoms. The monoisotopic (exact) mass is 254 g/mol. The predicted molar refractivity (Wildman–Crippen MR) is 80.7 cm³/mol. The highest BCUT2D eigenvalue weighted by atomic mass is 15.2. The first-order valence-corrected chi connectivity index (χ1v) is 7.85. The van der Waals surface area contributed by atoms with Gasteiger partial charge in [0.05, 0.1) is 0 Å². The van der Waals surface area contributed by atoms with E-state index in [1.807, 2.05) is 0 Å². The second-order valence-electron chi connectivity index (χ2n) is 7.19. The van der Waals surface area contributed by atoms with E-state index in [4.69, 9.17) is 5.73 Å². The molecule has 0 amide bonds. The average Bonchev–Trinajstić information content (AvgIpc) is 3.11. The van der Waals surface area contributed by atoms with Crippen molar-refractivity contribution in [3.8, 4) is 0 Å². The fourth-order valence-electron chi connectivity index (χ4n) is 2.71. The van der Waals surface area contributed by atoms with E-state index in [1.165, 1.54) is 38.8 Å². The SMILES string of the molecule is CC(C)CCN(CCC(C)C)C(C)(CN)C1CC1. The Bertz CT molecular complexity index is 221. The molecular weight excluding hydrogens is 220 g/mol. The lowest BCUT2D eigenvalue weighted by atomic mass is 9.91. The van der Waals surface area contributed by atoms with Crippen molar-refractivity contribution in [1.29, 1.82) is 0 Å². The van der Waals surface area contributed by atoms with Gasteiger partial charge in [-0.05, 0) is 63.5 Å². The molecule has 0 heterocycles. The maximum atomic E-state index is 6.12. The minimum absolute atomic E-state index is 0.254. The van der Waals surface area contributed by atoms with E-state index in [9.17, 15) is 0 Å². The van der Waals surface area contributed by atoms with Gasteiger partial charge in [0.2, 0.25) is 0 Å². The molecule has 1 saturated carbocycles. The predicted octanol–water partition coefficient (Wildman–Crippen LogP) is 3.51. The third kappa shape index (κ3) is 4.55. The zero-order chi connectivity index (χ0) is 13.8. The second-order valence-corrected chi connectivity index (χ2v) is 7.19. The van der Waals surface area contributed by atoms with E-state index in [0.29, 0.717) is 0 Å². The first-order chi connectivity index (χ1) is 8.40. The standard InChI is InChI=1S/C16H34N2/c1-13(2)8-10-18(11-9-14(3)4)16(5,12-17)15-6-7-15/h13-15H,6-12,17H2,1-5H3. The maximum absolute atomic E-state index is 6.12. The van der Waals surface area contributed by atoms with Gasteiger partial charge in [-0.3, -0.25) is 4.90 Å². The normalized spacial score (nSPS) is 19.8. The number of nitrogens with zero attached hydrogens (tertiary/aromatic N) is 1. The molecule has 0 aromatic carbocycles. The third-order valence-corrected chi connectivity index (χ3v) is 4.55. The Morgan fingerprint density at radius 3 is 1.78 bits per heavy atom. The molecular formula is C16H34N2. The molecule has 1 unspecified atom stereocenters. The molecule has 1 fully saturated rings. The van der Waals surface area contributed by atoms with Crippen molar-refractivity contribution in [3.63, 3.8) is 0 Å². The van der Waals surface area contributed by atoms with Gasteiger partial charge in [0.15, 0.2) is 0 Å². The van der Waals surface area contributed by atoms with E-state index >= 15 is 0 Å². The number of hydrogen-bond acceptors (Lipinski definition) is 2. The summed E-state index contributed by atoms with van der Waals surface area (Å²) in [6.07, 6.45) is 5.35. The van der Waals surface area contributed by atoms with Crippen LogP contribution < -0.4 is 5.73 Å². The molecule has 2 heteroatoms. The van der Waals surface area contributed by atoms with Crippen molar-refractivity contribution in [2.45, 2.75) is 65.8 Å². The van der Waals surface area contributed by atoms with Crippen molar-refractivity contribution < 1.29 is 0 Å². The zero-order valence-corrected chi connectivity index (χ0v) is 13.2. The summed E-state index contributed by atoms with van der Waals surface area (Å²) in [4.78, 5) is 2.70. The van der Waals surface area contributed by atoms with Gasteiger partial charge in [0.25, 0.3) is 0 Å². The summed E-state index contributed by atoms with van der Waals surface area (Å²) < 4.78 is 0. The van der Waals surface area contributed by atoms with Crippen LogP contribution in [-0.4, -0.2) is 30.1 Å². The summed E-state index contributed by atoms with van der Waals surface area (Å²) in [6.45, 7) is 14.9. The molecule has 2 nitrogen and oxygen atoms in total. The van der Waals surface area contributed by atoms with Gasteiger partial charge in [-0.25, -0.2) is 0 Å². The van der Waals surface area contributed by atoms with Crippen molar-refractivity contribution >= 4 is 0 Å². The van der Waals surface area contributed by atoms with E-state index in [1.54, 1.807) is 0 Å². The van der Waals surface area contributed by atoms with Crippen LogP contribution in [0.25, 0.3) is 0 Å². The Kier molecular flexibility index (Phi) is 6.13. The Labute approximate surface area is 114 Å². The Morgan fingerprint density at radius 2 is 1.50 bits per heavy atom. The van der Waals surface area contributed by atoms with Crippen molar-refractivity contribution in [2.24, 2.45) is 23.5 Å². The summed E-state index contributed by atoms with van der Waals surface area (Å²) in [5.41, 5.74) is 6.37. The molecule has 0 aliphatic heterocycles. The molecule has 0 saturated heterocycles. The molecule has 0 radical (unpaired) electrons. The zero-order valence-electron chi connectivity index (χ0n) is 13.2. The van der Waals surface area contributed by atoms with Crippen LogP contribution in [0.3, 0.4) is 0 Å². The first-order valence-electron chi connectivity index (χ1n) is 7.85. The van der Waals surface area contributed by atoms with Crippen LogP contribution in [0.1, 0.15) is 60.3 Å². The van der Waals surface area contributed by atoms with Gasteiger partial charge in [-0.1, -0.05) is 27.7 Å². The van der Waals surface area contributed by atoms with Crippen LogP contribution in [0.4, 0.5) is 0 Å². The van der Waals surface area contributed by atoms with Crippen LogP contribution in [0.5, 0.6) is 0 Å². The topological polar surface area (TPSA) is 29.3 Å². The van der Waals surface area contributed by atoms with Crippen LogP contribution in [0.2, 0.25) is 0 Å². The summed E-state index contributed by atoms with van der Waals surface area (Å²) in [5, 5.41) is 0. The van der Waals surface area contributed by atoms with Crippen LogP contribution in [-0.2, 0) is 0 Å². The fourth-order valence-corrected chi connectivity index (χ4v) is 2.71. The lowest BCUT2D eigenvalue weighted by Crippen LogP contribution is -2.54. The molecule has 1 aliphatic carbocycles. The molecule has 1 rings (SSSR count). The van der Waals surface area contributed by atoms with Crippen LogP contribution in [0.15, 0.2) is 0 Å². The molecule has 0 bridgehead atoms. The molecule has 0 aromatic heterocycles. The lowest BCUT2D eigenvalue weighted by Gasteiger charge is -2.42. The maximum Gasteiger partial charge on any atom is 0.0331 e. The van der Waals surface area contributed by atoms with Crippen LogP contribution in [0, 0.1) is 17.8 Å². The van der Waals surface area contributed by atoms with E-state index in [-0.39, 0.29) is 5.54 Å². The van der Waals surface area contributed by atoms with Gasteiger partial charge < -0.3 is 5.73 Å². The Morgan fingerprint density at radius 1 is 1.06 bits per heavy atom. The molecule has 108 valence electrons. The number of rotatable bonds is 9. The van der Waals surface area contributed by atoms with Gasteiger partial charge in [0.1, 0.15) is 0 Å². The largest absolute Gasteiger partial charge is 0.329 e. The van der Waals surface area contributed by atoms with E-state index < -0.39 is 0 Å². The number of nitrogens with two attached hydrogens (primary N) is 1. The molecule has 1 atom stereocenters. The van der Waals surface area contributed by atoms with Crippen molar-refractivity contribution in [1.82, 2.24) is 4.90 Å². The fraction of sp³-hybridized carbons (Fsp3) is 1.00. The highest BCUT2D eigenvalue weighted by Gasteiger charge is 2.44. The highest BCUT2D eigenvalue weighted by molar-refractivity contribution is 5.00. The average molecular weight is 254 g/mol. The summed E-state index contributed by atoms with van der Waals surface area (Å²) in [5.74, 6) is 2.42. The van der Waals surface area contributed by atoms with Crippen molar-refractivity contribution in [2.75, 3.05) is 19.6 Å². The smallest absolute Gasteiger partial charge is 0.0331 e. The summed E-state index contributed by atoms with van der Waals surface area (Å²) >= 11 is 0. The lowest BCUT2D eigenvalue weighted by molar-refractivity contribution is 0.0783. The number of hydrogen-bond donors (Lipinski definition) is 1. The van der Waals surface area contributed by atoms with E-state index in [2.05, 4.69) is 39.5 Å². The van der Waals surface area contributed by atoms with Crippen LogP contribution >= 0.6 is 0 Å². The Balaban J connectivity index is 2.61. The minimum atomic E-state index is 0.254. The Hall–Kier alpha value is -0.0800. The highest BCUT2D eigenvalue weighted by Crippen LogP contribution is 2.42. The molecule has 1 aliphatic rings. The summed E-state index contributed by atoms with van der Waals surface area (Å²) in [6, 6.07) is 0. The van der Waals surface area contributed by atoms with E-state index in [0.717, 1.165) is 24.3 Å². The van der Waals surface area contributed by atoms with Gasteiger partial charge in [-0.2, -0.15) is 0 Å². The molecule has 2 N–H and O–H groups in total. The van der Waals surface area contributed by atoms with Crippen molar-refractivity contribution in [3.05, 3.63) is 0 Å². The minimum Gasteiger partial charge on any atom is -0.329 e. The van der Waals surface area contributed by atoms with Gasteiger partial charge in [0, 0.05) is 12.1 Å². The van der Waals surface area contributed by atoms with Gasteiger partial charge in [-0.15, -0.1) is 0 Å². The van der Waals surface area contributed by atoms with Gasteiger partial charge >= 0.3 is 0 Å².